The molecule has 0 unspecified atom stereocenters. The molecule has 0 saturated carbocycles. The Hall–Kier alpha value is -4.63. The Morgan fingerprint density at radius 2 is 1.55 bits per heavy atom. The SMILES string of the molecule is CCNC(=O)[C@H](Cc1ccccc1)N(Cc1ccccc1C)C(=O)CN(c1cccc(OC)c1)S(=O)(=O)c1ccc(C)cc1. The average Bonchev–Trinajstić information content (AvgIpc) is 3.03. The molecule has 230 valence electrons. The highest BCUT2D eigenvalue weighted by Crippen LogP contribution is 2.28. The van der Waals surface area contributed by atoms with Gasteiger partial charge in [-0.1, -0.05) is 78.4 Å². The van der Waals surface area contributed by atoms with Gasteiger partial charge in [0.15, 0.2) is 0 Å². The summed E-state index contributed by atoms with van der Waals surface area (Å²) in [5.74, 6) is -0.383. The van der Waals surface area contributed by atoms with Crippen molar-refractivity contribution in [2.45, 2.75) is 44.7 Å². The summed E-state index contributed by atoms with van der Waals surface area (Å²) < 4.78 is 34.8. The van der Waals surface area contributed by atoms with Crippen LogP contribution in [0.3, 0.4) is 0 Å². The quantitative estimate of drug-likeness (QED) is 0.221. The average molecular weight is 614 g/mol. The van der Waals surface area contributed by atoms with Crippen LogP contribution in [0.4, 0.5) is 5.69 Å². The lowest BCUT2D eigenvalue weighted by atomic mass is 10.0. The second kappa shape index (κ2) is 14.7. The van der Waals surface area contributed by atoms with Crippen molar-refractivity contribution in [1.29, 1.82) is 0 Å². The number of methoxy groups -OCH3 is 1. The minimum Gasteiger partial charge on any atom is -0.497 e. The first kappa shape index (κ1) is 32.3. The maximum absolute atomic E-state index is 14.5. The molecule has 4 rings (SSSR count). The van der Waals surface area contributed by atoms with Crippen LogP contribution in [0.15, 0.2) is 108 Å². The number of ether oxygens (including phenoxy) is 1. The van der Waals surface area contributed by atoms with Crippen LogP contribution in [0.5, 0.6) is 5.75 Å². The number of hydrogen-bond donors (Lipinski definition) is 1. The van der Waals surface area contributed by atoms with Crippen molar-refractivity contribution in [3.63, 3.8) is 0 Å². The molecule has 4 aromatic rings. The number of hydrogen-bond acceptors (Lipinski definition) is 5. The van der Waals surface area contributed by atoms with Crippen LogP contribution in [-0.4, -0.2) is 51.4 Å². The Kier molecular flexibility index (Phi) is 10.8. The normalized spacial score (nSPS) is 11.8. The van der Waals surface area contributed by atoms with E-state index in [1.807, 2.05) is 75.4 Å². The fourth-order valence-corrected chi connectivity index (χ4v) is 6.35. The van der Waals surface area contributed by atoms with E-state index in [4.69, 9.17) is 4.74 Å². The van der Waals surface area contributed by atoms with Crippen LogP contribution in [0.2, 0.25) is 0 Å². The zero-order valence-electron chi connectivity index (χ0n) is 25.6. The smallest absolute Gasteiger partial charge is 0.264 e. The number of carbonyl (C=O) groups excluding carboxylic acids is 2. The van der Waals surface area contributed by atoms with Gasteiger partial charge in [0.05, 0.1) is 17.7 Å². The van der Waals surface area contributed by atoms with E-state index in [-0.39, 0.29) is 29.5 Å². The number of nitrogens with one attached hydrogen (secondary N) is 1. The lowest BCUT2D eigenvalue weighted by molar-refractivity contribution is -0.140. The van der Waals surface area contributed by atoms with E-state index in [2.05, 4.69) is 5.32 Å². The van der Waals surface area contributed by atoms with Gasteiger partial charge in [-0.05, 0) is 61.7 Å². The van der Waals surface area contributed by atoms with E-state index in [0.29, 0.717) is 12.3 Å². The highest BCUT2D eigenvalue weighted by molar-refractivity contribution is 7.92. The topological polar surface area (TPSA) is 96.0 Å². The van der Waals surface area contributed by atoms with Gasteiger partial charge >= 0.3 is 0 Å². The number of benzene rings is 4. The Bertz CT molecular complexity index is 1670. The molecule has 0 fully saturated rings. The zero-order chi connectivity index (χ0) is 31.7. The van der Waals surface area contributed by atoms with Crippen LogP contribution in [0.1, 0.15) is 29.2 Å². The van der Waals surface area contributed by atoms with Crippen LogP contribution in [-0.2, 0) is 32.6 Å². The van der Waals surface area contributed by atoms with Gasteiger partial charge in [-0.3, -0.25) is 13.9 Å². The minimum absolute atomic E-state index is 0.0498. The van der Waals surface area contributed by atoms with E-state index in [1.54, 1.807) is 36.4 Å². The molecule has 0 aliphatic heterocycles. The molecule has 0 spiro atoms. The van der Waals surface area contributed by atoms with Crippen molar-refractivity contribution >= 4 is 27.5 Å². The Labute approximate surface area is 260 Å². The molecule has 0 radical (unpaired) electrons. The monoisotopic (exact) mass is 613 g/mol. The summed E-state index contributed by atoms with van der Waals surface area (Å²) in [7, 11) is -2.70. The Morgan fingerprint density at radius 3 is 2.20 bits per heavy atom. The van der Waals surface area contributed by atoms with E-state index >= 15 is 0 Å². The standard InChI is InChI=1S/C35H39N3O5S/c1-5-36-35(40)33(22-28-13-7-6-8-14-28)37(24-29-15-10-9-12-27(29)3)34(39)25-38(30-16-11-17-31(23-30)43-4)44(41,42)32-20-18-26(2)19-21-32/h6-21,23,33H,5,22,24-25H2,1-4H3,(H,36,40)/t33-/m0/s1. The summed E-state index contributed by atoms with van der Waals surface area (Å²) >= 11 is 0. The van der Waals surface area contributed by atoms with Gasteiger partial charge in [-0.15, -0.1) is 0 Å². The first-order valence-corrected chi connectivity index (χ1v) is 16.0. The molecule has 0 saturated heterocycles. The summed E-state index contributed by atoms with van der Waals surface area (Å²) in [6.07, 6.45) is 0.258. The van der Waals surface area contributed by atoms with Gasteiger partial charge < -0.3 is 15.0 Å². The fourth-order valence-electron chi connectivity index (χ4n) is 4.95. The third-order valence-electron chi connectivity index (χ3n) is 7.45. The number of nitrogens with zero attached hydrogens (tertiary/aromatic N) is 2. The maximum atomic E-state index is 14.5. The number of likely N-dealkylation sites (N-methyl/N-ethyl adjacent to an activating group) is 1. The summed E-state index contributed by atoms with van der Waals surface area (Å²) in [6.45, 7) is 5.62. The van der Waals surface area contributed by atoms with E-state index < -0.39 is 28.5 Å². The second-order valence-electron chi connectivity index (χ2n) is 10.6. The number of amides is 2. The number of sulfonamides is 1. The summed E-state index contributed by atoms with van der Waals surface area (Å²) in [6, 6.07) is 29.3. The predicted molar refractivity (Wildman–Crippen MR) is 173 cm³/mol. The summed E-state index contributed by atoms with van der Waals surface area (Å²) in [4.78, 5) is 29.6. The molecule has 0 bridgehead atoms. The summed E-state index contributed by atoms with van der Waals surface area (Å²) in [5.41, 5.74) is 3.87. The summed E-state index contributed by atoms with van der Waals surface area (Å²) in [5, 5.41) is 2.88. The molecule has 9 heteroatoms. The van der Waals surface area contributed by atoms with Gasteiger partial charge in [0, 0.05) is 25.6 Å². The molecule has 0 aliphatic rings. The van der Waals surface area contributed by atoms with Crippen molar-refractivity contribution in [1.82, 2.24) is 10.2 Å². The van der Waals surface area contributed by atoms with E-state index in [9.17, 15) is 18.0 Å². The fraction of sp³-hybridized carbons (Fsp3) is 0.257. The van der Waals surface area contributed by atoms with Crippen LogP contribution in [0, 0.1) is 13.8 Å². The Balaban J connectivity index is 1.82. The molecule has 44 heavy (non-hydrogen) atoms. The number of aryl methyl sites for hydroxylation is 2. The predicted octanol–water partition coefficient (Wildman–Crippen LogP) is 5.28. The van der Waals surface area contributed by atoms with Crippen LogP contribution < -0.4 is 14.4 Å². The minimum atomic E-state index is -4.19. The molecule has 1 atom stereocenters. The third kappa shape index (κ3) is 7.85. The molecule has 2 amide bonds. The highest BCUT2D eigenvalue weighted by Gasteiger charge is 2.34. The van der Waals surface area contributed by atoms with Gasteiger partial charge in [0.1, 0.15) is 18.3 Å². The lowest BCUT2D eigenvalue weighted by Crippen LogP contribution is -2.53. The molecular formula is C35H39N3O5S. The van der Waals surface area contributed by atoms with E-state index in [1.165, 1.54) is 24.1 Å². The Morgan fingerprint density at radius 1 is 0.864 bits per heavy atom. The third-order valence-corrected chi connectivity index (χ3v) is 9.24. The first-order valence-electron chi connectivity index (χ1n) is 14.5. The lowest BCUT2D eigenvalue weighted by Gasteiger charge is -2.34. The van der Waals surface area contributed by atoms with Gasteiger partial charge in [0.25, 0.3) is 10.0 Å². The van der Waals surface area contributed by atoms with Crippen LogP contribution in [0.25, 0.3) is 0 Å². The maximum Gasteiger partial charge on any atom is 0.264 e. The van der Waals surface area contributed by atoms with E-state index in [0.717, 1.165) is 26.6 Å². The highest BCUT2D eigenvalue weighted by atomic mass is 32.2. The van der Waals surface area contributed by atoms with Gasteiger partial charge in [-0.25, -0.2) is 8.42 Å². The molecule has 4 aromatic carbocycles. The molecule has 0 aromatic heterocycles. The molecule has 8 nitrogen and oxygen atoms in total. The van der Waals surface area contributed by atoms with Crippen molar-refractivity contribution in [2.24, 2.45) is 0 Å². The van der Waals surface area contributed by atoms with Crippen molar-refractivity contribution in [3.8, 4) is 5.75 Å². The van der Waals surface area contributed by atoms with Gasteiger partial charge in [0.2, 0.25) is 11.8 Å². The zero-order valence-corrected chi connectivity index (χ0v) is 26.4. The first-order chi connectivity index (χ1) is 21.1. The molecular weight excluding hydrogens is 574 g/mol. The number of anilines is 1. The number of carbonyl (C=O) groups is 2. The van der Waals surface area contributed by atoms with Crippen LogP contribution >= 0.6 is 0 Å². The molecule has 0 aliphatic carbocycles. The van der Waals surface area contributed by atoms with Crippen molar-refractivity contribution in [2.75, 3.05) is 24.5 Å². The number of rotatable bonds is 13. The second-order valence-corrected chi connectivity index (χ2v) is 12.4. The van der Waals surface area contributed by atoms with Gasteiger partial charge in [-0.2, -0.15) is 0 Å². The molecule has 0 heterocycles. The van der Waals surface area contributed by atoms with Crippen molar-refractivity contribution < 1.29 is 22.7 Å². The van der Waals surface area contributed by atoms with Crippen molar-refractivity contribution in [3.05, 3.63) is 125 Å². The molecule has 1 N–H and O–H groups in total. The largest absolute Gasteiger partial charge is 0.497 e.